The van der Waals surface area contributed by atoms with Gasteiger partial charge in [-0.05, 0) is 24.3 Å². The van der Waals surface area contributed by atoms with E-state index in [9.17, 15) is 5.11 Å². The number of aliphatic hydroxyl groups excluding tert-OH is 1. The molecule has 17 heavy (non-hydrogen) atoms. The van der Waals surface area contributed by atoms with E-state index < -0.39 is 6.10 Å². The van der Waals surface area contributed by atoms with Gasteiger partial charge in [0.05, 0.1) is 5.69 Å². The normalized spacial score (nSPS) is 12.5. The van der Waals surface area contributed by atoms with E-state index in [4.69, 9.17) is 9.94 Å². The fraction of sp³-hybridized carbons (Fsp3) is 0.500. The summed E-state index contributed by atoms with van der Waals surface area (Å²) in [6, 6.07) is 7.17. The molecule has 0 saturated carbocycles. The molecule has 0 radical (unpaired) electrons. The lowest BCUT2D eigenvalue weighted by atomic mass is 10.3. The SMILES string of the molecule is CC(C)NC[C@@H](O)COc1ccc(NO)cc1. The van der Waals surface area contributed by atoms with Crippen LogP contribution >= 0.6 is 0 Å². The van der Waals surface area contributed by atoms with E-state index in [0.717, 1.165) is 0 Å². The van der Waals surface area contributed by atoms with Crippen molar-refractivity contribution in [1.29, 1.82) is 0 Å². The lowest BCUT2D eigenvalue weighted by Gasteiger charge is -2.15. The summed E-state index contributed by atoms with van der Waals surface area (Å²) >= 11 is 0. The molecule has 1 aromatic carbocycles. The highest BCUT2D eigenvalue weighted by Gasteiger charge is 2.05. The minimum absolute atomic E-state index is 0.242. The smallest absolute Gasteiger partial charge is 0.119 e. The number of anilines is 1. The topological polar surface area (TPSA) is 73.8 Å². The van der Waals surface area contributed by atoms with Crippen LogP contribution in [-0.4, -0.2) is 35.6 Å². The lowest BCUT2D eigenvalue weighted by molar-refractivity contribution is 0.104. The van der Waals surface area contributed by atoms with Gasteiger partial charge in [-0.2, -0.15) is 0 Å². The first-order valence-electron chi connectivity index (χ1n) is 5.66. The van der Waals surface area contributed by atoms with Crippen LogP contribution in [0.3, 0.4) is 0 Å². The average molecular weight is 240 g/mol. The van der Waals surface area contributed by atoms with E-state index in [1.165, 1.54) is 0 Å². The fourth-order valence-electron chi connectivity index (χ4n) is 1.25. The van der Waals surface area contributed by atoms with Gasteiger partial charge in [0.2, 0.25) is 0 Å². The minimum Gasteiger partial charge on any atom is -0.491 e. The molecule has 5 nitrogen and oxygen atoms in total. The fourth-order valence-corrected chi connectivity index (χ4v) is 1.25. The molecular weight excluding hydrogens is 220 g/mol. The molecule has 0 saturated heterocycles. The van der Waals surface area contributed by atoms with Gasteiger partial charge < -0.3 is 15.2 Å². The summed E-state index contributed by atoms with van der Waals surface area (Å²) in [5.41, 5.74) is 2.63. The summed E-state index contributed by atoms with van der Waals surface area (Å²) in [4.78, 5) is 0. The molecular formula is C12H20N2O3. The Bertz CT molecular complexity index is 314. The molecule has 0 unspecified atom stereocenters. The molecule has 0 aromatic heterocycles. The molecule has 1 aromatic rings. The van der Waals surface area contributed by atoms with Crippen molar-refractivity contribution >= 4 is 5.69 Å². The molecule has 0 fully saturated rings. The third kappa shape index (κ3) is 5.53. The van der Waals surface area contributed by atoms with Crippen LogP contribution in [0.5, 0.6) is 5.75 Å². The first-order chi connectivity index (χ1) is 8.11. The molecule has 0 heterocycles. The maximum atomic E-state index is 9.62. The molecule has 1 rings (SSSR count). The second kappa shape index (κ2) is 7.11. The number of nitrogens with one attached hydrogen (secondary N) is 2. The van der Waals surface area contributed by atoms with Crippen molar-refractivity contribution in [1.82, 2.24) is 5.32 Å². The predicted molar refractivity (Wildman–Crippen MR) is 66.5 cm³/mol. The molecule has 0 amide bonds. The summed E-state index contributed by atoms with van der Waals surface area (Å²) in [6.45, 7) is 4.79. The van der Waals surface area contributed by atoms with Crippen LogP contribution in [-0.2, 0) is 0 Å². The van der Waals surface area contributed by atoms with E-state index in [2.05, 4.69) is 5.32 Å². The van der Waals surface area contributed by atoms with E-state index in [1.54, 1.807) is 24.3 Å². The number of aliphatic hydroxyl groups is 1. The van der Waals surface area contributed by atoms with Crippen molar-refractivity contribution in [3.8, 4) is 5.75 Å². The quantitative estimate of drug-likeness (QED) is 0.539. The van der Waals surface area contributed by atoms with Gasteiger partial charge in [0.25, 0.3) is 0 Å². The third-order valence-corrected chi connectivity index (χ3v) is 2.19. The summed E-state index contributed by atoms with van der Waals surface area (Å²) < 4.78 is 5.40. The number of benzene rings is 1. The van der Waals surface area contributed by atoms with Crippen LogP contribution in [0.1, 0.15) is 13.8 Å². The summed E-state index contributed by atoms with van der Waals surface area (Å²) in [7, 11) is 0. The van der Waals surface area contributed by atoms with Crippen LogP contribution in [0, 0.1) is 0 Å². The van der Waals surface area contributed by atoms with Crippen molar-refractivity contribution in [2.24, 2.45) is 0 Å². The molecule has 4 N–H and O–H groups in total. The number of ether oxygens (including phenoxy) is 1. The Balaban J connectivity index is 2.29. The number of hydrogen-bond acceptors (Lipinski definition) is 5. The Labute approximate surface area is 101 Å². The molecule has 0 aliphatic rings. The van der Waals surface area contributed by atoms with E-state index >= 15 is 0 Å². The van der Waals surface area contributed by atoms with Crippen molar-refractivity contribution in [3.05, 3.63) is 24.3 Å². The second-order valence-corrected chi connectivity index (χ2v) is 4.16. The molecule has 5 heteroatoms. The zero-order valence-corrected chi connectivity index (χ0v) is 10.2. The van der Waals surface area contributed by atoms with Crippen LogP contribution in [0.15, 0.2) is 24.3 Å². The highest BCUT2D eigenvalue weighted by Crippen LogP contribution is 2.14. The van der Waals surface area contributed by atoms with Gasteiger partial charge in [0.15, 0.2) is 0 Å². The van der Waals surface area contributed by atoms with Gasteiger partial charge in [0.1, 0.15) is 18.5 Å². The number of hydrogen-bond donors (Lipinski definition) is 4. The third-order valence-electron chi connectivity index (χ3n) is 2.19. The van der Waals surface area contributed by atoms with E-state index in [-0.39, 0.29) is 6.61 Å². The Morgan fingerprint density at radius 3 is 2.41 bits per heavy atom. The summed E-state index contributed by atoms with van der Waals surface area (Å²) in [5, 5.41) is 21.4. The highest BCUT2D eigenvalue weighted by atomic mass is 16.5. The summed E-state index contributed by atoms with van der Waals surface area (Å²) in [6.07, 6.45) is -0.534. The molecule has 0 aliphatic heterocycles. The van der Waals surface area contributed by atoms with Crippen molar-refractivity contribution in [2.45, 2.75) is 26.0 Å². The Morgan fingerprint density at radius 1 is 1.24 bits per heavy atom. The Hall–Kier alpha value is -1.30. The predicted octanol–water partition coefficient (Wildman–Crippen LogP) is 1.23. The first kappa shape index (κ1) is 13.8. The van der Waals surface area contributed by atoms with Crippen LogP contribution < -0.4 is 15.5 Å². The highest BCUT2D eigenvalue weighted by molar-refractivity contribution is 5.44. The zero-order chi connectivity index (χ0) is 12.7. The minimum atomic E-state index is -0.534. The lowest BCUT2D eigenvalue weighted by Crippen LogP contribution is -2.35. The van der Waals surface area contributed by atoms with Gasteiger partial charge in [-0.1, -0.05) is 13.8 Å². The van der Waals surface area contributed by atoms with Crippen LogP contribution in [0.4, 0.5) is 5.69 Å². The zero-order valence-electron chi connectivity index (χ0n) is 10.2. The van der Waals surface area contributed by atoms with Gasteiger partial charge in [-0.25, -0.2) is 0 Å². The maximum Gasteiger partial charge on any atom is 0.119 e. The van der Waals surface area contributed by atoms with Crippen LogP contribution in [0.2, 0.25) is 0 Å². The Kier molecular flexibility index (Phi) is 5.76. The van der Waals surface area contributed by atoms with Gasteiger partial charge in [-0.3, -0.25) is 10.7 Å². The largest absolute Gasteiger partial charge is 0.491 e. The van der Waals surface area contributed by atoms with E-state index in [0.29, 0.717) is 24.0 Å². The molecule has 0 aliphatic carbocycles. The van der Waals surface area contributed by atoms with Gasteiger partial charge >= 0.3 is 0 Å². The molecule has 0 bridgehead atoms. The van der Waals surface area contributed by atoms with Gasteiger partial charge in [0, 0.05) is 12.6 Å². The second-order valence-electron chi connectivity index (χ2n) is 4.16. The standard InChI is InChI=1S/C12H20N2O3/c1-9(2)13-7-11(15)8-17-12-5-3-10(14-16)4-6-12/h3-6,9,11,13-16H,7-8H2,1-2H3/t11-/m1/s1. The van der Waals surface area contributed by atoms with E-state index in [1.807, 2.05) is 19.3 Å². The molecule has 96 valence electrons. The average Bonchev–Trinajstić information content (AvgIpc) is 2.34. The monoisotopic (exact) mass is 240 g/mol. The van der Waals surface area contributed by atoms with Gasteiger partial charge in [-0.15, -0.1) is 0 Å². The first-order valence-corrected chi connectivity index (χ1v) is 5.66. The maximum absolute atomic E-state index is 9.62. The summed E-state index contributed by atoms with van der Waals surface area (Å²) in [5.74, 6) is 0.660. The number of rotatable bonds is 7. The van der Waals surface area contributed by atoms with Crippen LogP contribution in [0.25, 0.3) is 0 Å². The van der Waals surface area contributed by atoms with Crippen molar-refractivity contribution in [2.75, 3.05) is 18.6 Å². The molecule has 1 atom stereocenters. The Morgan fingerprint density at radius 2 is 1.88 bits per heavy atom. The van der Waals surface area contributed by atoms with Crippen molar-refractivity contribution in [3.63, 3.8) is 0 Å². The molecule has 0 spiro atoms. The van der Waals surface area contributed by atoms with Crippen molar-refractivity contribution < 1.29 is 15.1 Å².